The minimum atomic E-state index is -4.42. The van der Waals surface area contributed by atoms with Gasteiger partial charge in [0.25, 0.3) is 5.91 Å². The normalized spacial score (nSPS) is 12.0. The minimum Gasteiger partial charge on any atom is -0.298 e. The molecule has 0 aliphatic rings. The van der Waals surface area contributed by atoms with Gasteiger partial charge in [0.05, 0.1) is 10.5 Å². The second-order valence-electron chi connectivity index (χ2n) is 6.71. The molecule has 158 valence electrons. The first-order valence-electron chi connectivity index (χ1n) is 8.66. The monoisotopic (exact) mass is 454 g/mol. The summed E-state index contributed by atoms with van der Waals surface area (Å²) < 4.78 is 62.0. The number of carbonyl (C=O) groups excluding carboxylic acids is 1. The lowest BCUT2D eigenvalue weighted by molar-refractivity contribution is -0.137. The van der Waals surface area contributed by atoms with E-state index in [1.165, 1.54) is 24.4 Å². The van der Waals surface area contributed by atoms with Crippen LogP contribution in [0, 0.1) is 6.92 Å². The smallest absolute Gasteiger partial charge is 0.298 e. The molecule has 1 aromatic heterocycles. The molecule has 3 aromatic rings. The number of aromatic nitrogens is 1. The van der Waals surface area contributed by atoms with Crippen molar-refractivity contribution in [1.29, 1.82) is 0 Å². The molecule has 0 unspecified atom stereocenters. The summed E-state index contributed by atoms with van der Waals surface area (Å²) >= 11 is 1.14. The second kappa shape index (κ2) is 8.19. The van der Waals surface area contributed by atoms with E-state index in [9.17, 15) is 26.4 Å². The molecule has 1 amide bonds. The van der Waals surface area contributed by atoms with Gasteiger partial charge in [0.15, 0.2) is 15.0 Å². The number of rotatable bonds is 5. The number of benzene rings is 2. The summed E-state index contributed by atoms with van der Waals surface area (Å²) in [4.78, 5) is 17.4. The Morgan fingerprint density at radius 2 is 1.90 bits per heavy atom. The molecule has 1 N–H and O–H groups in total. The Bertz CT molecular complexity index is 1200. The second-order valence-corrected chi connectivity index (χ2v) is 9.84. The molecule has 2 aromatic carbocycles. The van der Waals surface area contributed by atoms with Crippen LogP contribution < -0.4 is 5.32 Å². The van der Waals surface area contributed by atoms with Gasteiger partial charge in [-0.2, -0.15) is 13.2 Å². The van der Waals surface area contributed by atoms with Crippen molar-refractivity contribution >= 4 is 32.2 Å². The van der Waals surface area contributed by atoms with E-state index >= 15 is 0 Å². The van der Waals surface area contributed by atoms with Gasteiger partial charge in [-0.05, 0) is 36.2 Å². The predicted octanol–water partition coefficient (Wildman–Crippen LogP) is 4.72. The Labute approximate surface area is 175 Å². The number of nitrogens with one attached hydrogen (secondary N) is 1. The molecule has 0 aliphatic heterocycles. The zero-order valence-electron chi connectivity index (χ0n) is 15.9. The number of anilines is 1. The molecule has 0 saturated carbocycles. The molecule has 3 rings (SSSR count). The maximum atomic E-state index is 12.9. The number of hydrogen-bond donors (Lipinski definition) is 1. The third kappa shape index (κ3) is 5.25. The van der Waals surface area contributed by atoms with E-state index < -0.39 is 27.5 Å². The van der Waals surface area contributed by atoms with E-state index in [2.05, 4.69) is 10.3 Å². The number of halogens is 3. The average Bonchev–Trinajstić information content (AvgIpc) is 3.07. The summed E-state index contributed by atoms with van der Waals surface area (Å²) in [5.74, 6) is -0.516. The molecule has 30 heavy (non-hydrogen) atoms. The molecule has 1 heterocycles. The summed E-state index contributed by atoms with van der Waals surface area (Å²) in [5.41, 5.74) is 0.551. The van der Waals surface area contributed by atoms with E-state index in [0.717, 1.165) is 29.7 Å². The van der Waals surface area contributed by atoms with Gasteiger partial charge in [-0.1, -0.05) is 24.3 Å². The number of sulfone groups is 1. The van der Waals surface area contributed by atoms with E-state index in [0.29, 0.717) is 16.0 Å². The van der Waals surface area contributed by atoms with Crippen LogP contribution in [-0.4, -0.2) is 25.6 Å². The fraction of sp³-hybridized carbons (Fsp3) is 0.200. The molecule has 0 saturated heterocycles. The Morgan fingerprint density at radius 1 is 1.17 bits per heavy atom. The van der Waals surface area contributed by atoms with Crippen molar-refractivity contribution in [1.82, 2.24) is 4.98 Å². The molecular weight excluding hydrogens is 437 g/mol. The van der Waals surface area contributed by atoms with E-state index in [1.54, 1.807) is 19.1 Å². The summed E-state index contributed by atoms with van der Waals surface area (Å²) in [5, 5.41) is 2.88. The standard InChI is InChI=1S/C20H17F3N2O3S2/c1-12-6-7-16(30(2,27)28)10-17(12)18(26)25-19-24-11-15(29-19)9-13-4-3-5-14(8-13)20(21,22)23/h3-8,10-11H,9H2,1-2H3,(H,24,25,26). The van der Waals surface area contributed by atoms with Crippen molar-refractivity contribution in [2.75, 3.05) is 11.6 Å². The first-order chi connectivity index (χ1) is 13.9. The number of amides is 1. The van der Waals surface area contributed by atoms with Crippen LogP contribution in [0.2, 0.25) is 0 Å². The van der Waals surface area contributed by atoms with Gasteiger partial charge in [-0.3, -0.25) is 10.1 Å². The van der Waals surface area contributed by atoms with Crippen molar-refractivity contribution < 1.29 is 26.4 Å². The lowest BCUT2D eigenvalue weighted by atomic mass is 10.1. The number of hydrogen-bond acceptors (Lipinski definition) is 5. The van der Waals surface area contributed by atoms with Crippen LogP contribution in [0.15, 0.2) is 53.6 Å². The summed E-state index contributed by atoms with van der Waals surface area (Å²) in [6.07, 6.45) is -1.64. The van der Waals surface area contributed by atoms with Gasteiger partial charge in [0, 0.05) is 29.3 Å². The Hall–Kier alpha value is -2.72. The minimum absolute atomic E-state index is 0.0302. The summed E-state index contributed by atoms with van der Waals surface area (Å²) in [7, 11) is -3.47. The molecule has 5 nitrogen and oxygen atoms in total. The van der Waals surface area contributed by atoms with Crippen LogP contribution in [0.1, 0.15) is 31.9 Å². The third-order valence-corrected chi connectivity index (χ3v) is 6.31. The summed E-state index contributed by atoms with van der Waals surface area (Å²) in [6, 6.07) is 9.31. The number of nitrogens with zero attached hydrogens (tertiary/aromatic N) is 1. The topological polar surface area (TPSA) is 76.1 Å². The fourth-order valence-electron chi connectivity index (χ4n) is 2.75. The number of aryl methyl sites for hydroxylation is 1. The Balaban J connectivity index is 1.76. The zero-order chi connectivity index (χ0) is 22.1. The predicted molar refractivity (Wildman–Crippen MR) is 109 cm³/mol. The van der Waals surface area contributed by atoms with Crippen molar-refractivity contribution in [3.05, 3.63) is 75.8 Å². The van der Waals surface area contributed by atoms with Gasteiger partial charge in [0.2, 0.25) is 0 Å². The molecule has 0 aliphatic carbocycles. The molecule has 0 bridgehead atoms. The number of thiazole rings is 1. The van der Waals surface area contributed by atoms with Crippen LogP contribution in [-0.2, 0) is 22.4 Å². The molecule has 10 heteroatoms. The first kappa shape index (κ1) is 22.0. The van der Waals surface area contributed by atoms with Gasteiger partial charge in [-0.15, -0.1) is 11.3 Å². The van der Waals surface area contributed by atoms with E-state index in [4.69, 9.17) is 0 Å². The number of carbonyl (C=O) groups is 1. The third-order valence-electron chi connectivity index (χ3n) is 4.29. The van der Waals surface area contributed by atoms with Crippen molar-refractivity contribution in [3.63, 3.8) is 0 Å². The largest absolute Gasteiger partial charge is 0.416 e. The summed E-state index contributed by atoms with van der Waals surface area (Å²) in [6.45, 7) is 1.68. The highest BCUT2D eigenvalue weighted by Gasteiger charge is 2.30. The SMILES string of the molecule is Cc1ccc(S(C)(=O)=O)cc1C(=O)Nc1ncc(Cc2cccc(C(F)(F)F)c2)s1. The lowest BCUT2D eigenvalue weighted by Crippen LogP contribution is -2.14. The first-order valence-corrected chi connectivity index (χ1v) is 11.4. The van der Waals surface area contributed by atoms with Crippen molar-refractivity contribution in [2.24, 2.45) is 0 Å². The van der Waals surface area contributed by atoms with Crippen LogP contribution in [0.3, 0.4) is 0 Å². The van der Waals surface area contributed by atoms with Crippen molar-refractivity contribution in [3.8, 4) is 0 Å². The van der Waals surface area contributed by atoms with Crippen LogP contribution in [0.5, 0.6) is 0 Å². The molecular formula is C20H17F3N2O3S2. The van der Waals surface area contributed by atoms with Crippen molar-refractivity contribution in [2.45, 2.75) is 24.4 Å². The zero-order valence-corrected chi connectivity index (χ0v) is 17.6. The Kier molecular flexibility index (Phi) is 6.00. The maximum Gasteiger partial charge on any atom is 0.416 e. The molecule has 0 spiro atoms. The average molecular weight is 454 g/mol. The quantitative estimate of drug-likeness (QED) is 0.606. The van der Waals surface area contributed by atoms with Crippen LogP contribution in [0.4, 0.5) is 18.3 Å². The highest BCUT2D eigenvalue weighted by atomic mass is 32.2. The molecule has 0 fully saturated rings. The number of alkyl halides is 3. The highest BCUT2D eigenvalue weighted by molar-refractivity contribution is 7.90. The van der Waals surface area contributed by atoms with Gasteiger partial charge in [-0.25, -0.2) is 13.4 Å². The van der Waals surface area contributed by atoms with Gasteiger partial charge < -0.3 is 0 Å². The van der Waals surface area contributed by atoms with Crippen LogP contribution >= 0.6 is 11.3 Å². The van der Waals surface area contributed by atoms with E-state index in [-0.39, 0.29) is 22.0 Å². The van der Waals surface area contributed by atoms with Crippen LogP contribution in [0.25, 0.3) is 0 Å². The van der Waals surface area contributed by atoms with Gasteiger partial charge in [0.1, 0.15) is 0 Å². The molecule has 0 radical (unpaired) electrons. The fourth-order valence-corrected chi connectivity index (χ4v) is 4.24. The lowest BCUT2D eigenvalue weighted by Gasteiger charge is -2.08. The Morgan fingerprint density at radius 3 is 2.57 bits per heavy atom. The van der Waals surface area contributed by atoms with Gasteiger partial charge >= 0.3 is 6.18 Å². The maximum absolute atomic E-state index is 12.9. The van der Waals surface area contributed by atoms with E-state index in [1.807, 2.05) is 0 Å². The molecule has 0 atom stereocenters. The highest BCUT2D eigenvalue weighted by Crippen LogP contribution is 2.30.